The van der Waals surface area contributed by atoms with E-state index in [1.807, 2.05) is 36.4 Å². The van der Waals surface area contributed by atoms with Crippen LogP contribution in [0.5, 0.6) is 0 Å². The van der Waals surface area contributed by atoms with Gasteiger partial charge in [-0.3, -0.25) is 0 Å². The molecule has 0 aliphatic carbocycles. The number of hydrogen-bond acceptors (Lipinski definition) is 0. The van der Waals surface area contributed by atoms with Gasteiger partial charge in [0, 0.05) is 0 Å². The van der Waals surface area contributed by atoms with Gasteiger partial charge in [0.2, 0.25) is 0 Å². The van der Waals surface area contributed by atoms with Crippen molar-refractivity contribution in [3.05, 3.63) is 60.7 Å². The molecular weight excluding hydrogens is 269 g/mol. The summed E-state index contributed by atoms with van der Waals surface area (Å²) < 4.78 is 27.9. The van der Waals surface area contributed by atoms with E-state index in [4.69, 9.17) is 0 Å². The Kier molecular flexibility index (Phi) is 3.73. The van der Waals surface area contributed by atoms with Gasteiger partial charge in [0.1, 0.15) is 0 Å². The van der Waals surface area contributed by atoms with Gasteiger partial charge in [-0.2, -0.15) is 0 Å². The Labute approximate surface area is 98.2 Å². The Hall–Kier alpha value is -1.14. The Balaban J connectivity index is 2.40. The first-order valence-electron chi connectivity index (χ1n) is 4.96. The van der Waals surface area contributed by atoms with E-state index in [2.05, 4.69) is 0 Å². The van der Waals surface area contributed by atoms with Crippen molar-refractivity contribution < 1.29 is 8.78 Å². The average molecular weight is 280 g/mol. The molecule has 0 saturated heterocycles. The van der Waals surface area contributed by atoms with Gasteiger partial charge in [-0.25, -0.2) is 0 Å². The molecule has 0 aliphatic rings. The zero-order chi connectivity index (χ0) is 11.4. The number of alkyl halides is 2. The van der Waals surface area contributed by atoms with Crippen molar-refractivity contribution in [3.63, 3.8) is 0 Å². The molecule has 16 heavy (non-hydrogen) atoms. The molecule has 0 spiro atoms. The summed E-state index contributed by atoms with van der Waals surface area (Å²) in [7, 11) is 0. The van der Waals surface area contributed by atoms with Crippen molar-refractivity contribution in [2.75, 3.05) is 0 Å². The molecule has 2 aromatic carbocycles. The molecule has 0 aliphatic heterocycles. The predicted octanol–water partition coefficient (Wildman–Crippen LogP) is 2.10. The van der Waals surface area contributed by atoms with Gasteiger partial charge >= 0.3 is 98.0 Å². The fraction of sp³-hybridized carbons (Fsp3) is 0.0769. The molecule has 3 heteroatoms. The number of rotatable bonds is 3. The van der Waals surface area contributed by atoms with Gasteiger partial charge in [0.05, 0.1) is 0 Å². The summed E-state index contributed by atoms with van der Waals surface area (Å²) in [6.07, 6.45) is 0. The van der Waals surface area contributed by atoms with Crippen molar-refractivity contribution >= 4 is 23.4 Å². The first kappa shape index (κ1) is 11.3. The average Bonchev–Trinajstić information content (AvgIpc) is 2.31. The van der Waals surface area contributed by atoms with Crippen molar-refractivity contribution in [2.45, 2.75) is 5.21 Å². The Morgan fingerprint density at radius 1 is 0.688 bits per heavy atom. The summed E-state index contributed by atoms with van der Waals surface area (Å²) >= 11 is -2.43. The quantitative estimate of drug-likeness (QED) is 0.755. The number of hydrogen-bond donors (Lipinski definition) is 0. The third-order valence-corrected chi connectivity index (χ3v) is 6.67. The van der Waals surface area contributed by atoms with Gasteiger partial charge < -0.3 is 0 Å². The molecule has 0 fully saturated rings. The SMILES string of the molecule is FC(F)[As](c1ccccc1)c1ccccc1. The van der Waals surface area contributed by atoms with E-state index < -0.39 is 19.9 Å². The van der Waals surface area contributed by atoms with Crippen LogP contribution in [0.4, 0.5) is 8.78 Å². The second-order valence-corrected chi connectivity index (χ2v) is 7.86. The molecule has 0 amide bonds. The summed E-state index contributed by atoms with van der Waals surface area (Å²) in [6.45, 7) is 0. The molecule has 0 N–H and O–H groups in total. The van der Waals surface area contributed by atoms with E-state index in [9.17, 15) is 8.78 Å². The minimum atomic E-state index is -2.43. The molecule has 0 radical (unpaired) electrons. The first-order valence-corrected chi connectivity index (χ1v) is 7.92. The number of benzene rings is 2. The molecule has 2 aromatic rings. The van der Waals surface area contributed by atoms with Crippen molar-refractivity contribution in [3.8, 4) is 0 Å². The predicted molar refractivity (Wildman–Crippen MR) is 63.9 cm³/mol. The molecule has 0 unspecified atom stereocenters. The van der Waals surface area contributed by atoms with Crippen LogP contribution in [-0.4, -0.2) is 19.9 Å². The number of halogens is 2. The van der Waals surface area contributed by atoms with Gasteiger partial charge in [-0.1, -0.05) is 0 Å². The Morgan fingerprint density at radius 3 is 1.38 bits per heavy atom. The standard InChI is InChI=1S/C13H11AsF2/c15-13(16)14(11-7-3-1-4-8-11)12-9-5-2-6-10-12/h1-10,13H. The normalized spacial score (nSPS) is 11.0. The summed E-state index contributed by atoms with van der Waals surface area (Å²) in [6, 6.07) is 18.2. The maximum absolute atomic E-state index is 13.1. The van der Waals surface area contributed by atoms with Crippen LogP contribution in [0.3, 0.4) is 0 Å². The maximum atomic E-state index is 13.1. The van der Waals surface area contributed by atoms with E-state index in [0.29, 0.717) is 0 Å². The van der Waals surface area contributed by atoms with Crippen LogP contribution in [0.15, 0.2) is 60.7 Å². The zero-order valence-corrected chi connectivity index (χ0v) is 10.4. The molecule has 0 atom stereocenters. The van der Waals surface area contributed by atoms with E-state index in [-0.39, 0.29) is 0 Å². The molecule has 0 bridgehead atoms. The third kappa shape index (κ3) is 2.51. The fourth-order valence-electron chi connectivity index (χ4n) is 1.55. The first-order chi connectivity index (χ1) is 7.79. The van der Waals surface area contributed by atoms with Crippen LogP contribution in [0.25, 0.3) is 0 Å². The van der Waals surface area contributed by atoms with Crippen molar-refractivity contribution in [1.82, 2.24) is 0 Å². The van der Waals surface area contributed by atoms with Crippen molar-refractivity contribution in [1.29, 1.82) is 0 Å². The van der Waals surface area contributed by atoms with Gasteiger partial charge in [-0.15, -0.1) is 0 Å². The molecule has 0 aromatic heterocycles. The second-order valence-electron chi connectivity index (χ2n) is 3.32. The van der Waals surface area contributed by atoms with Crippen LogP contribution >= 0.6 is 0 Å². The summed E-state index contributed by atoms with van der Waals surface area (Å²) in [5, 5.41) is -2.24. The molecule has 0 saturated carbocycles. The van der Waals surface area contributed by atoms with Crippen LogP contribution in [0, 0.1) is 0 Å². The Bertz CT molecular complexity index is 389. The van der Waals surface area contributed by atoms with E-state index >= 15 is 0 Å². The Morgan fingerprint density at radius 2 is 1.06 bits per heavy atom. The third-order valence-electron chi connectivity index (χ3n) is 2.26. The van der Waals surface area contributed by atoms with E-state index in [1.165, 1.54) is 0 Å². The molecule has 82 valence electrons. The van der Waals surface area contributed by atoms with E-state index in [1.54, 1.807) is 24.3 Å². The van der Waals surface area contributed by atoms with Gasteiger partial charge in [0.25, 0.3) is 0 Å². The van der Waals surface area contributed by atoms with Crippen LogP contribution in [0.2, 0.25) is 0 Å². The monoisotopic (exact) mass is 280 g/mol. The van der Waals surface area contributed by atoms with Gasteiger partial charge in [0.15, 0.2) is 0 Å². The molecule has 2 rings (SSSR count). The van der Waals surface area contributed by atoms with Crippen LogP contribution in [-0.2, 0) is 0 Å². The topological polar surface area (TPSA) is 0 Å². The summed E-state index contributed by atoms with van der Waals surface area (Å²) in [5.74, 6) is 0. The zero-order valence-electron chi connectivity index (χ0n) is 8.55. The van der Waals surface area contributed by atoms with Crippen LogP contribution in [0.1, 0.15) is 0 Å². The van der Waals surface area contributed by atoms with Crippen molar-refractivity contribution in [2.24, 2.45) is 0 Å². The van der Waals surface area contributed by atoms with E-state index in [0.717, 1.165) is 8.70 Å². The summed E-state index contributed by atoms with van der Waals surface area (Å²) in [5.41, 5.74) is 0. The minimum absolute atomic E-state index is 0.802. The molecule has 0 nitrogen and oxygen atoms in total. The molecule has 0 heterocycles. The fourth-order valence-corrected chi connectivity index (χ4v) is 5.19. The second kappa shape index (κ2) is 5.27. The molecular formula is C13H11AsF2. The van der Waals surface area contributed by atoms with Crippen LogP contribution < -0.4 is 8.70 Å². The summed E-state index contributed by atoms with van der Waals surface area (Å²) in [4.78, 5) is 0. The van der Waals surface area contributed by atoms with Gasteiger partial charge in [-0.05, 0) is 0 Å².